The maximum atomic E-state index is 13.2. The van der Waals surface area contributed by atoms with Crippen LogP contribution in [0.4, 0.5) is 10.1 Å². The second kappa shape index (κ2) is 8.70. The Labute approximate surface area is 164 Å². The molecule has 3 rings (SSSR count). The van der Waals surface area contributed by atoms with Crippen molar-refractivity contribution in [2.75, 3.05) is 24.2 Å². The molecule has 0 spiro atoms. The van der Waals surface area contributed by atoms with E-state index in [0.717, 1.165) is 0 Å². The topological polar surface area (TPSA) is 75.7 Å². The molecule has 0 aromatic heterocycles. The van der Waals surface area contributed by atoms with E-state index in [1.54, 1.807) is 43.3 Å². The summed E-state index contributed by atoms with van der Waals surface area (Å²) in [4.78, 5) is 12.5. The van der Waals surface area contributed by atoms with Gasteiger partial charge < -0.3 is 10.1 Å². The highest BCUT2D eigenvalue weighted by atomic mass is 32.2. The van der Waals surface area contributed by atoms with Crippen molar-refractivity contribution in [2.45, 2.75) is 19.8 Å². The number of carbonyl (C=O) groups excluding carboxylic acids is 1. The van der Waals surface area contributed by atoms with E-state index in [0.29, 0.717) is 43.1 Å². The van der Waals surface area contributed by atoms with Crippen LogP contribution in [0.15, 0.2) is 48.5 Å². The second-order valence-corrected chi connectivity index (χ2v) is 8.90. The summed E-state index contributed by atoms with van der Waals surface area (Å²) in [5, 5.41) is 2.86. The SMILES string of the molecule is CCS(=O)(=O)N1CCC(C(=O)Nc2ccc(Oc3cccc(F)c3)cc2)CC1. The highest BCUT2D eigenvalue weighted by molar-refractivity contribution is 7.89. The average Bonchev–Trinajstić information content (AvgIpc) is 2.69. The highest BCUT2D eigenvalue weighted by Crippen LogP contribution is 2.25. The molecule has 2 aromatic carbocycles. The maximum absolute atomic E-state index is 13.2. The molecule has 1 fully saturated rings. The van der Waals surface area contributed by atoms with E-state index in [1.807, 2.05) is 0 Å². The van der Waals surface area contributed by atoms with Crippen LogP contribution in [0.1, 0.15) is 19.8 Å². The van der Waals surface area contributed by atoms with Crippen LogP contribution in [0.3, 0.4) is 0 Å². The van der Waals surface area contributed by atoms with Crippen molar-refractivity contribution in [3.05, 3.63) is 54.3 Å². The van der Waals surface area contributed by atoms with Crippen molar-refractivity contribution in [1.82, 2.24) is 4.31 Å². The number of carbonyl (C=O) groups is 1. The molecule has 1 aliphatic rings. The number of halogens is 1. The summed E-state index contributed by atoms with van der Waals surface area (Å²) in [6.07, 6.45) is 1.01. The fourth-order valence-corrected chi connectivity index (χ4v) is 4.23. The van der Waals surface area contributed by atoms with Gasteiger partial charge in [-0.25, -0.2) is 17.1 Å². The molecule has 1 N–H and O–H groups in total. The third-order valence-electron chi connectivity index (χ3n) is 4.74. The van der Waals surface area contributed by atoms with Crippen molar-refractivity contribution < 1.29 is 22.3 Å². The molecule has 150 valence electrons. The van der Waals surface area contributed by atoms with Crippen molar-refractivity contribution in [3.8, 4) is 11.5 Å². The Morgan fingerprint density at radius 1 is 1.14 bits per heavy atom. The van der Waals surface area contributed by atoms with Gasteiger partial charge >= 0.3 is 0 Å². The predicted molar refractivity (Wildman–Crippen MR) is 105 cm³/mol. The van der Waals surface area contributed by atoms with E-state index >= 15 is 0 Å². The standard InChI is InChI=1S/C20H23FN2O4S/c1-2-28(25,26)23-12-10-15(11-13-23)20(24)22-17-6-8-18(9-7-17)27-19-5-3-4-16(21)14-19/h3-9,14-15H,2,10-13H2,1H3,(H,22,24). The molecular weight excluding hydrogens is 383 g/mol. The molecular formula is C20H23FN2O4S. The van der Waals surface area contributed by atoms with Gasteiger partial charge in [-0.15, -0.1) is 0 Å². The van der Waals surface area contributed by atoms with Gasteiger partial charge in [0.2, 0.25) is 15.9 Å². The molecule has 8 heteroatoms. The molecule has 2 aromatic rings. The number of benzene rings is 2. The normalized spacial score (nSPS) is 15.9. The zero-order chi connectivity index (χ0) is 20.1. The van der Waals surface area contributed by atoms with Crippen LogP contribution in [0.25, 0.3) is 0 Å². The van der Waals surface area contributed by atoms with Crippen molar-refractivity contribution >= 4 is 21.6 Å². The van der Waals surface area contributed by atoms with Gasteiger partial charge in [-0.1, -0.05) is 6.07 Å². The van der Waals surface area contributed by atoms with Gasteiger partial charge in [0.15, 0.2) is 0 Å². The van der Waals surface area contributed by atoms with Gasteiger partial charge in [0.1, 0.15) is 17.3 Å². The van der Waals surface area contributed by atoms with Gasteiger partial charge in [-0.2, -0.15) is 0 Å². The van der Waals surface area contributed by atoms with Crippen LogP contribution >= 0.6 is 0 Å². The molecule has 1 aliphatic heterocycles. The van der Waals surface area contributed by atoms with E-state index in [4.69, 9.17) is 4.74 Å². The minimum absolute atomic E-state index is 0.0773. The lowest BCUT2D eigenvalue weighted by Gasteiger charge is -2.30. The van der Waals surface area contributed by atoms with E-state index in [2.05, 4.69) is 5.32 Å². The number of anilines is 1. The van der Waals surface area contributed by atoms with Crippen LogP contribution in [0.5, 0.6) is 11.5 Å². The number of sulfonamides is 1. The lowest BCUT2D eigenvalue weighted by atomic mass is 9.97. The number of nitrogens with one attached hydrogen (secondary N) is 1. The molecule has 0 unspecified atom stereocenters. The van der Waals surface area contributed by atoms with Gasteiger partial charge in [0.05, 0.1) is 5.75 Å². The quantitative estimate of drug-likeness (QED) is 0.795. The van der Waals surface area contributed by atoms with Crippen LogP contribution < -0.4 is 10.1 Å². The average molecular weight is 406 g/mol. The van der Waals surface area contributed by atoms with Gasteiger partial charge in [-0.05, 0) is 56.2 Å². The van der Waals surface area contributed by atoms with Gasteiger partial charge in [0, 0.05) is 30.8 Å². The van der Waals surface area contributed by atoms with E-state index in [1.165, 1.54) is 16.4 Å². The summed E-state index contributed by atoms with van der Waals surface area (Å²) in [5.74, 6) is 0.291. The number of ether oxygens (including phenoxy) is 1. The van der Waals surface area contributed by atoms with E-state index in [9.17, 15) is 17.6 Å². The van der Waals surface area contributed by atoms with E-state index in [-0.39, 0.29) is 23.4 Å². The summed E-state index contributed by atoms with van der Waals surface area (Å²) in [6, 6.07) is 12.7. The lowest BCUT2D eigenvalue weighted by Crippen LogP contribution is -2.42. The molecule has 1 amide bonds. The molecule has 0 saturated carbocycles. The second-order valence-electron chi connectivity index (χ2n) is 6.65. The van der Waals surface area contributed by atoms with Crippen LogP contribution in [0.2, 0.25) is 0 Å². The first-order chi connectivity index (χ1) is 13.4. The molecule has 0 aliphatic carbocycles. The first-order valence-electron chi connectivity index (χ1n) is 9.19. The van der Waals surface area contributed by atoms with Crippen LogP contribution in [-0.2, 0) is 14.8 Å². The number of rotatable bonds is 6. The summed E-state index contributed by atoms with van der Waals surface area (Å²) in [7, 11) is -3.20. The molecule has 6 nitrogen and oxygen atoms in total. The molecule has 1 saturated heterocycles. The fourth-order valence-electron chi connectivity index (χ4n) is 3.10. The summed E-state index contributed by atoms with van der Waals surface area (Å²) in [6.45, 7) is 2.36. The Hall–Kier alpha value is -2.45. The Bertz CT molecular complexity index is 923. The Morgan fingerprint density at radius 3 is 2.43 bits per heavy atom. The monoisotopic (exact) mass is 406 g/mol. The third kappa shape index (κ3) is 5.08. The Morgan fingerprint density at radius 2 is 1.82 bits per heavy atom. The largest absolute Gasteiger partial charge is 0.457 e. The van der Waals surface area contributed by atoms with Gasteiger partial charge in [-0.3, -0.25) is 4.79 Å². The minimum atomic E-state index is -3.20. The maximum Gasteiger partial charge on any atom is 0.227 e. The molecule has 0 atom stereocenters. The van der Waals surface area contributed by atoms with Crippen molar-refractivity contribution in [3.63, 3.8) is 0 Å². The smallest absolute Gasteiger partial charge is 0.227 e. The summed E-state index contributed by atoms with van der Waals surface area (Å²) in [5.41, 5.74) is 0.625. The van der Waals surface area contributed by atoms with Crippen LogP contribution in [-0.4, -0.2) is 37.5 Å². The molecule has 28 heavy (non-hydrogen) atoms. The minimum Gasteiger partial charge on any atom is -0.457 e. The molecule has 0 radical (unpaired) electrons. The number of amides is 1. The van der Waals surface area contributed by atoms with Crippen molar-refractivity contribution in [1.29, 1.82) is 0 Å². The Balaban J connectivity index is 1.54. The number of piperidine rings is 1. The Kier molecular flexibility index (Phi) is 6.31. The van der Waals surface area contributed by atoms with Crippen LogP contribution in [0, 0.1) is 11.7 Å². The number of nitrogens with zero attached hydrogens (tertiary/aromatic N) is 1. The van der Waals surface area contributed by atoms with E-state index < -0.39 is 10.0 Å². The summed E-state index contributed by atoms with van der Waals surface area (Å²) >= 11 is 0. The number of hydrogen-bond donors (Lipinski definition) is 1. The third-order valence-corrected chi connectivity index (χ3v) is 6.62. The van der Waals surface area contributed by atoms with Gasteiger partial charge in [0.25, 0.3) is 0 Å². The zero-order valence-electron chi connectivity index (χ0n) is 15.6. The number of hydrogen-bond acceptors (Lipinski definition) is 4. The first-order valence-corrected chi connectivity index (χ1v) is 10.8. The summed E-state index contributed by atoms with van der Waals surface area (Å²) < 4.78 is 44.0. The first kappa shape index (κ1) is 20.3. The zero-order valence-corrected chi connectivity index (χ0v) is 16.4. The molecule has 0 bridgehead atoms. The highest BCUT2D eigenvalue weighted by Gasteiger charge is 2.30. The predicted octanol–water partition coefficient (Wildman–Crippen LogP) is 3.62. The molecule has 1 heterocycles. The lowest BCUT2D eigenvalue weighted by molar-refractivity contribution is -0.120. The fraction of sp³-hybridized carbons (Fsp3) is 0.350. The van der Waals surface area contributed by atoms with Crippen molar-refractivity contribution in [2.24, 2.45) is 5.92 Å².